The van der Waals surface area contributed by atoms with Gasteiger partial charge in [0.1, 0.15) is 0 Å². The molecule has 0 bridgehead atoms. The van der Waals surface area contributed by atoms with Crippen molar-refractivity contribution in [3.8, 4) is 0 Å². The van der Waals surface area contributed by atoms with Crippen LogP contribution in [0.3, 0.4) is 0 Å². The Labute approximate surface area is 48.3 Å². The van der Waals surface area contributed by atoms with Crippen LogP contribution < -0.4 is 0 Å². The summed E-state index contributed by atoms with van der Waals surface area (Å²) < 4.78 is 13.0. The standard InChI is InChI=1S/CH3O2P.Mg.2H/c1-3-4-2;;;/h1H3;;;. The Bertz CT molecular complexity index is 23.6. The molecular formula is CH5MgO2P. The van der Waals surface area contributed by atoms with Gasteiger partial charge < -0.3 is 0 Å². The lowest BCUT2D eigenvalue weighted by molar-refractivity contribution is 0.433. The van der Waals surface area contributed by atoms with Gasteiger partial charge in [0.15, 0.2) is 0 Å². The predicted molar refractivity (Wildman–Crippen MR) is 23.2 cm³/mol. The van der Waals surface area contributed by atoms with E-state index in [-0.39, 0.29) is 31.7 Å². The second kappa shape index (κ2) is 8.85. The molecule has 28 valence electrons. The number of rotatable bonds is 1. The van der Waals surface area contributed by atoms with Gasteiger partial charge in [0.25, 0.3) is 0 Å². The lowest BCUT2D eigenvalue weighted by Crippen LogP contribution is -1.42. The Morgan fingerprint density at radius 2 is 2.00 bits per heavy atom. The molecule has 4 heteroatoms. The topological polar surface area (TPSA) is 26.3 Å². The van der Waals surface area contributed by atoms with Gasteiger partial charge in [0.2, 0.25) is 0 Å². The van der Waals surface area contributed by atoms with Gasteiger partial charge in [-0.1, -0.05) is 0 Å². The van der Waals surface area contributed by atoms with Gasteiger partial charge >= 0.3 is 31.7 Å². The van der Waals surface area contributed by atoms with E-state index in [4.69, 9.17) is 4.57 Å². The smallest absolute Gasteiger partial charge is 0.298 e. The predicted octanol–water partition coefficient (Wildman–Crippen LogP) is -0.0767. The summed E-state index contributed by atoms with van der Waals surface area (Å²) in [5.74, 6) is 0. The van der Waals surface area contributed by atoms with Gasteiger partial charge in [-0.3, -0.25) is 4.52 Å². The fraction of sp³-hybridized carbons (Fsp3) is 1.00. The Hall–Kier alpha value is 0.826. The van der Waals surface area contributed by atoms with Gasteiger partial charge in [-0.15, -0.1) is 0 Å². The molecule has 0 aliphatic carbocycles. The molecule has 0 saturated heterocycles. The molecule has 0 aromatic carbocycles. The van der Waals surface area contributed by atoms with Gasteiger partial charge in [-0.25, -0.2) is 4.57 Å². The molecular weight excluding hydrogens is 99.3 g/mol. The van der Waals surface area contributed by atoms with E-state index in [2.05, 4.69) is 4.52 Å². The quantitative estimate of drug-likeness (QED) is 0.344. The molecule has 0 unspecified atom stereocenters. The van der Waals surface area contributed by atoms with Crippen LogP contribution >= 0.6 is 8.69 Å². The van der Waals surface area contributed by atoms with Crippen LogP contribution in [0.15, 0.2) is 0 Å². The normalized spacial score (nSPS) is 6.60. The molecule has 0 aliphatic rings. The third kappa shape index (κ3) is 11.6. The van der Waals surface area contributed by atoms with Crippen molar-refractivity contribution in [2.24, 2.45) is 0 Å². The molecule has 0 spiro atoms. The lowest BCUT2D eigenvalue weighted by atomic mass is 11.8. The van der Waals surface area contributed by atoms with Crippen LogP contribution in [-0.2, 0) is 9.09 Å². The van der Waals surface area contributed by atoms with Crippen molar-refractivity contribution >= 4 is 31.7 Å². The maximum absolute atomic E-state index is 9.05. The number of hydrogen-bond acceptors (Lipinski definition) is 2. The van der Waals surface area contributed by atoms with E-state index in [1.54, 1.807) is 0 Å². The van der Waals surface area contributed by atoms with Gasteiger partial charge in [-0.2, -0.15) is 0 Å². The highest BCUT2D eigenvalue weighted by Crippen LogP contribution is 1.83. The van der Waals surface area contributed by atoms with Crippen LogP contribution in [0.5, 0.6) is 0 Å². The van der Waals surface area contributed by atoms with Gasteiger partial charge in [-0.05, 0) is 0 Å². The highest BCUT2D eigenvalue weighted by Gasteiger charge is 1.51. The first-order valence-corrected chi connectivity index (χ1v) is 1.50. The molecule has 0 saturated carbocycles. The van der Waals surface area contributed by atoms with E-state index in [1.165, 1.54) is 7.11 Å². The highest BCUT2D eigenvalue weighted by molar-refractivity contribution is 7.17. The highest BCUT2D eigenvalue weighted by atomic mass is 31.1. The first-order valence-electron chi connectivity index (χ1n) is 0.773. The summed E-state index contributed by atoms with van der Waals surface area (Å²) in [6.07, 6.45) is 0. The molecule has 0 amide bonds. The van der Waals surface area contributed by atoms with Crippen molar-refractivity contribution in [2.75, 3.05) is 7.11 Å². The van der Waals surface area contributed by atoms with Crippen LogP contribution in [0, 0.1) is 0 Å². The molecule has 5 heavy (non-hydrogen) atoms. The monoisotopic (exact) mass is 104 g/mol. The van der Waals surface area contributed by atoms with Crippen LogP contribution in [0.25, 0.3) is 0 Å². The van der Waals surface area contributed by atoms with E-state index in [1.807, 2.05) is 0 Å². The molecule has 0 aromatic rings. The van der Waals surface area contributed by atoms with Crippen molar-refractivity contribution in [2.45, 2.75) is 0 Å². The summed E-state index contributed by atoms with van der Waals surface area (Å²) >= 11 is 0. The summed E-state index contributed by atoms with van der Waals surface area (Å²) in [6, 6.07) is 0. The number of hydrogen-bond donors (Lipinski definition) is 0. The fourth-order valence-corrected chi connectivity index (χ4v) is 0. The Kier molecular flexibility index (Phi) is 16.4. The van der Waals surface area contributed by atoms with Crippen molar-refractivity contribution in [3.05, 3.63) is 0 Å². The first-order chi connectivity index (χ1) is 1.91. The zero-order valence-electron chi connectivity index (χ0n) is 2.26. The van der Waals surface area contributed by atoms with E-state index in [0.29, 0.717) is 0 Å². The minimum absolute atomic E-state index is 0. The Morgan fingerprint density at radius 1 is 1.80 bits per heavy atom. The molecule has 2 nitrogen and oxygen atoms in total. The molecule has 0 radical (unpaired) electrons. The molecule has 0 N–H and O–H groups in total. The molecule has 0 heterocycles. The second-order valence-corrected chi connectivity index (χ2v) is 0.771. The summed E-state index contributed by atoms with van der Waals surface area (Å²) in [6.45, 7) is 0. The minimum atomic E-state index is -0.252. The van der Waals surface area contributed by atoms with E-state index >= 15 is 0 Å². The molecule has 0 rings (SSSR count). The third-order valence-electron chi connectivity index (χ3n) is 0.0745. The van der Waals surface area contributed by atoms with Crippen molar-refractivity contribution in [1.29, 1.82) is 0 Å². The maximum atomic E-state index is 9.05. The third-order valence-corrected chi connectivity index (χ3v) is 0.224. The van der Waals surface area contributed by atoms with E-state index in [9.17, 15) is 0 Å². The van der Waals surface area contributed by atoms with E-state index in [0.717, 1.165) is 0 Å². The maximum Gasteiger partial charge on any atom is 0.327 e. The molecule has 0 aromatic heterocycles. The van der Waals surface area contributed by atoms with Crippen molar-refractivity contribution in [1.82, 2.24) is 0 Å². The average molecular weight is 104 g/mol. The lowest BCUT2D eigenvalue weighted by Gasteiger charge is -1.57. The minimum Gasteiger partial charge on any atom is -0.298 e. The van der Waals surface area contributed by atoms with Gasteiger partial charge in [0.05, 0.1) is 0 Å². The summed E-state index contributed by atoms with van der Waals surface area (Å²) in [7, 11) is 1.10. The molecule has 0 atom stereocenters. The zero-order valence-corrected chi connectivity index (χ0v) is 3.16. The fourth-order valence-electron chi connectivity index (χ4n) is 0. The molecule has 0 aliphatic heterocycles. The van der Waals surface area contributed by atoms with E-state index < -0.39 is 0 Å². The van der Waals surface area contributed by atoms with Gasteiger partial charge in [0, 0.05) is 7.11 Å². The second-order valence-electron chi connectivity index (χ2n) is 0.257. The summed E-state index contributed by atoms with van der Waals surface area (Å²) in [5.41, 5.74) is 0. The Balaban J connectivity index is 0. The van der Waals surface area contributed by atoms with Crippen LogP contribution in [0.2, 0.25) is 0 Å². The first kappa shape index (κ1) is 9.27. The Morgan fingerprint density at radius 3 is 2.00 bits per heavy atom. The average Bonchev–Trinajstić information content (AvgIpc) is 1.37. The summed E-state index contributed by atoms with van der Waals surface area (Å²) in [4.78, 5) is 0. The zero-order chi connectivity index (χ0) is 3.41. The van der Waals surface area contributed by atoms with Crippen molar-refractivity contribution < 1.29 is 9.09 Å². The molecule has 0 fully saturated rings. The summed E-state index contributed by atoms with van der Waals surface area (Å²) in [5, 5.41) is 0. The van der Waals surface area contributed by atoms with Crippen LogP contribution in [0.1, 0.15) is 0 Å². The van der Waals surface area contributed by atoms with Crippen LogP contribution in [0.4, 0.5) is 0 Å². The van der Waals surface area contributed by atoms with Crippen molar-refractivity contribution in [3.63, 3.8) is 0 Å². The van der Waals surface area contributed by atoms with Crippen LogP contribution in [-0.4, -0.2) is 30.2 Å². The largest absolute Gasteiger partial charge is 0.327 e. The SMILES string of the molecule is COP=O.[MgH2].